The molecule has 0 N–H and O–H groups in total. The number of aromatic nitrogens is 2. The van der Waals surface area contributed by atoms with Crippen molar-refractivity contribution in [3.05, 3.63) is 16.5 Å². The first-order valence-electron chi connectivity index (χ1n) is 4.83. The topological polar surface area (TPSA) is 44.2 Å². The van der Waals surface area contributed by atoms with Crippen molar-refractivity contribution in [3.8, 4) is 5.88 Å². The summed E-state index contributed by atoms with van der Waals surface area (Å²) in [6.45, 7) is 6.87. The van der Waals surface area contributed by atoms with Crippen LogP contribution in [0.1, 0.15) is 19.7 Å². The Labute approximate surface area is 98.2 Å². The Hall–Kier alpha value is -0.680. The molecule has 5 heteroatoms. The molecular weight excluding hydrogens is 260 g/mol. The van der Waals surface area contributed by atoms with Crippen LogP contribution in [-0.4, -0.2) is 29.3 Å². The normalized spacial score (nSPS) is 10.7. The molecule has 0 fully saturated rings. The lowest BCUT2D eigenvalue weighted by Gasteiger charge is -2.08. The molecule has 0 atom stereocenters. The zero-order chi connectivity index (χ0) is 11.3. The van der Waals surface area contributed by atoms with Gasteiger partial charge in [-0.3, -0.25) is 0 Å². The van der Waals surface area contributed by atoms with E-state index in [1.807, 2.05) is 20.8 Å². The van der Waals surface area contributed by atoms with Gasteiger partial charge in [-0.15, -0.1) is 0 Å². The van der Waals surface area contributed by atoms with Gasteiger partial charge in [-0.05, 0) is 36.7 Å². The maximum Gasteiger partial charge on any atom is 0.217 e. The van der Waals surface area contributed by atoms with Crippen LogP contribution in [0.5, 0.6) is 5.88 Å². The van der Waals surface area contributed by atoms with Gasteiger partial charge in [0.15, 0.2) is 0 Å². The highest BCUT2D eigenvalue weighted by Gasteiger charge is 2.00. The zero-order valence-electron chi connectivity index (χ0n) is 9.16. The molecule has 0 saturated carbocycles. The van der Waals surface area contributed by atoms with E-state index in [0.29, 0.717) is 24.9 Å². The molecule has 0 aliphatic carbocycles. The zero-order valence-corrected chi connectivity index (χ0v) is 10.7. The molecule has 84 valence electrons. The van der Waals surface area contributed by atoms with Gasteiger partial charge < -0.3 is 9.47 Å². The van der Waals surface area contributed by atoms with Crippen molar-refractivity contribution in [2.45, 2.75) is 26.9 Å². The monoisotopic (exact) mass is 274 g/mol. The Morgan fingerprint density at radius 1 is 1.33 bits per heavy atom. The molecule has 0 saturated heterocycles. The highest BCUT2D eigenvalue weighted by Crippen LogP contribution is 2.13. The Morgan fingerprint density at radius 3 is 2.67 bits per heavy atom. The molecule has 1 aromatic rings. The highest BCUT2D eigenvalue weighted by molar-refractivity contribution is 9.10. The van der Waals surface area contributed by atoms with Gasteiger partial charge in [0.2, 0.25) is 5.88 Å². The van der Waals surface area contributed by atoms with Crippen LogP contribution in [0.4, 0.5) is 0 Å². The lowest BCUT2D eigenvalue weighted by molar-refractivity contribution is 0.0541. The molecule has 15 heavy (non-hydrogen) atoms. The summed E-state index contributed by atoms with van der Waals surface area (Å²) in [5.41, 5.74) is 0. The van der Waals surface area contributed by atoms with Gasteiger partial charge in [-0.2, -0.15) is 4.98 Å². The van der Waals surface area contributed by atoms with Crippen molar-refractivity contribution in [2.75, 3.05) is 13.2 Å². The van der Waals surface area contributed by atoms with Crippen molar-refractivity contribution < 1.29 is 9.47 Å². The van der Waals surface area contributed by atoms with Gasteiger partial charge in [-0.1, -0.05) is 0 Å². The van der Waals surface area contributed by atoms with E-state index in [0.717, 1.165) is 4.60 Å². The third-order valence-corrected chi connectivity index (χ3v) is 1.97. The van der Waals surface area contributed by atoms with Crippen LogP contribution in [0.2, 0.25) is 0 Å². The van der Waals surface area contributed by atoms with Crippen molar-refractivity contribution in [1.29, 1.82) is 0 Å². The maximum absolute atomic E-state index is 5.41. The number of nitrogens with zero attached hydrogens (tertiary/aromatic N) is 2. The second-order valence-electron chi connectivity index (χ2n) is 3.34. The fourth-order valence-corrected chi connectivity index (χ4v) is 1.46. The summed E-state index contributed by atoms with van der Waals surface area (Å²) in [5, 5.41) is 0. The third-order valence-electron chi connectivity index (χ3n) is 1.57. The minimum atomic E-state index is 0.229. The van der Waals surface area contributed by atoms with E-state index in [1.54, 1.807) is 6.07 Å². The first kappa shape index (κ1) is 12.4. The number of hydrogen-bond acceptors (Lipinski definition) is 4. The van der Waals surface area contributed by atoms with Crippen LogP contribution < -0.4 is 4.74 Å². The smallest absolute Gasteiger partial charge is 0.217 e. The minimum Gasteiger partial charge on any atom is -0.475 e. The predicted molar refractivity (Wildman–Crippen MR) is 61.1 cm³/mol. The minimum absolute atomic E-state index is 0.229. The Balaban J connectivity index is 2.37. The molecule has 0 unspecified atom stereocenters. The fraction of sp³-hybridized carbons (Fsp3) is 0.600. The van der Waals surface area contributed by atoms with Crippen LogP contribution in [-0.2, 0) is 4.74 Å². The van der Waals surface area contributed by atoms with E-state index >= 15 is 0 Å². The van der Waals surface area contributed by atoms with Crippen LogP contribution in [0, 0.1) is 6.92 Å². The average molecular weight is 275 g/mol. The molecule has 0 spiro atoms. The van der Waals surface area contributed by atoms with E-state index in [1.165, 1.54) is 0 Å². The Kier molecular flexibility index (Phi) is 4.98. The summed E-state index contributed by atoms with van der Waals surface area (Å²) in [6.07, 6.45) is 0.229. The third kappa shape index (κ3) is 5.09. The standard InChI is InChI=1S/C10H15BrN2O2/c1-7(2)14-4-5-15-10-6-9(11)12-8(3)13-10/h6-7H,4-5H2,1-3H3. The lowest BCUT2D eigenvalue weighted by Crippen LogP contribution is -2.12. The predicted octanol–water partition coefficient (Wildman–Crippen LogP) is 2.35. The van der Waals surface area contributed by atoms with Crippen molar-refractivity contribution in [1.82, 2.24) is 9.97 Å². The van der Waals surface area contributed by atoms with E-state index in [-0.39, 0.29) is 6.10 Å². The van der Waals surface area contributed by atoms with E-state index < -0.39 is 0 Å². The van der Waals surface area contributed by atoms with E-state index in [4.69, 9.17) is 9.47 Å². The van der Waals surface area contributed by atoms with Crippen molar-refractivity contribution in [2.24, 2.45) is 0 Å². The summed E-state index contributed by atoms with van der Waals surface area (Å²) < 4.78 is 11.5. The quantitative estimate of drug-likeness (QED) is 0.611. The van der Waals surface area contributed by atoms with Crippen LogP contribution in [0.15, 0.2) is 10.7 Å². The average Bonchev–Trinajstić information content (AvgIpc) is 2.10. The molecule has 0 radical (unpaired) electrons. The second-order valence-corrected chi connectivity index (χ2v) is 4.16. The number of ether oxygens (including phenoxy) is 2. The molecule has 0 aliphatic rings. The maximum atomic E-state index is 5.41. The number of rotatable bonds is 5. The summed E-state index contributed by atoms with van der Waals surface area (Å²) in [5.74, 6) is 1.26. The first-order valence-corrected chi connectivity index (χ1v) is 5.63. The Bertz CT molecular complexity index is 298. The summed E-state index contributed by atoms with van der Waals surface area (Å²) in [6, 6.07) is 1.74. The summed E-state index contributed by atoms with van der Waals surface area (Å²) >= 11 is 3.28. The molecule has 0 aliphatic heterocycles. The van der Waals surface area contributed by atoms with E-state index in [9.17, 15) is 0 Å². The Morgan fingerprint density at radius 2 is 2.07 bits per heavy atom. The molecular formula is C10H15BrN2O2. The van der Waals surface area contributed by atoms with Crippen LogP contribution in [0.25, 0.3) is 0 Å². The van der Waals surface area contributed by atoms with Gasteiger partial charge in [0.05, 0.1) is 12.7 Å². The van der Waals surface area contributed by atoms with Gasteiger partial charge in [0.1, 0.15) is 17.0 Å². The van der Waals surface area contributed by atoms with E-state index in [2.05, 4.69) is 25.9 Å². The molecule has 0 amide bonds. The first-order chi connectivity index (χ1) is 7.08. The number of halogens is 1. The summed E-state index contributed by atoms with van der Waals surface area (Å²) in [7, 11) is 0. The molecule has 1 aromatic heterocycles. The SMILES string of the molecule is Cc1nc(Br)cc(OCCOC(C)C)n1. The molecule has 1 heterocycles. The number of hydrogen-bond donors (Lipinski definition) is 0. The van der Waals surface area contributed by atoms with Crippen molar-refractivity contribution >= 4 is 15.9 Å². The van der Waals surface area contributed by atoms with Gasteiger partial charge >= 0.3 is 0 Å². The van der Waals surface area contributed by atoms with Crippen LogP contribution >= 0.6 is 15.9 Å². The molecule has 0 aromatic carbocycles. The largest absolute Gasteiger partial charge is 0.475 e. The number of aryl methyl sites for hydroxylation is 1. The van der Waals surface area contributed by atoms with Crippen LogP contribution in [0.3, 0.4) is 0 Å². The molecule has 4 nitrogen and oxygen atoms in total. The second kappa shape index (κ2) is 6.02. The van der Waals surface area contributed by atoms with Crippen molar-refractivity contribution in [3.63, 3.8) is 0 Å². The molecule has 0 bridgehead atoms. The fourth-order valence-electron chi connectivity index (χ4n) is 1.01. The van der Waals surface area contributed by atoms with Gasteiger partial charge in [-0.25, -0.2) is 4.98 Å². The highest BCUT2D eigenvalue weighted by atomic mass is 79.9. The van der Waals surface area contributed by atoms with Gasteiger partial charge in [0.25, 0.3) is 0 Å². The summed E-state index contributed by atoms with van der Waals surface area (Å²) in [4.78, 5) is 8.22. The molecule has 1 rings (SSSR count). The lowest BCUT2D eigenvalue weighted by atomic mass is 10.5. The van der Waals surface area contributed by atoms with Gasteiger partial charge in [0, 0.05) is 6.07 Å².